The summed E-state index contributed by atoms with van der Waals surface area (Å²) >= 11 is 0. The molecule has 1 aromatic heterocycles. The van der Waals surface area contributed by atoms with Crippen LogP contribution >= 0.6 is 0 Å². The first kappa shape index (κ1) is 24.1. The van der Waals surface area contributed by atoms with Crippen molar-refractivity contribution in [2.45, 2.75) is 13.1 Å². The zero-order valence-electron chi connectivity index (χ0n) is 19.7. The van der Waals surface area contributed by atoms with Gasteiger partial charge in [0.05, 0.1) is 0 Å². The van der Waals surface area contributed by atoms with Gasteiger partial charge in [-0.3, -0.25) is 24.1 Å². The number of carbonyl (C=O) groups is 2. The van der Waals surface area contributed by atoms with E-state index in [1.807, 2.05) is 0 Å². The molecule has 2 aromatic carbocycles. The fraction of sp³-hybridized carbons (Fsp3) is 0.240. The number of aromatic nitrogens is 1. The zero-order valence-corrected chi connectivity index (χ0v) is 19.7. The number of halogens is 2. The second-order valence-electron chi connectivity index (χ2n) is 8.61. The summed E-state index contributed by atoms with van der Waals surface area (Å²) in [5.74, 6) is -2.82. The molecule has 10 nitrogen and oxygen atoms in total. The number of rotatable bonds is 5. The van der Waals surface area contributed by atoms with E-state index in [-0.39, 0.29) is 31.0 Å². The summed E-state index contributed by atoms with van der Waals surface area (Å²) in [6, 6.07) is 8.20. The lowest BCUT2D eigenvalue weighted by atomic mass is 10.1. The molecule has 2 aliphatic rings. The number of hydrogen-bond donors (Lipinski definition) is 2. The first-order valence-electron chi connectivity index (χ1n) is 11.3. The molecule has 5 rings (SSSR count). The molecule has 0 aliphatic carbocycles. The highest BCUT2D eigenvalue weighted by molar-refractivity contribution is 5.99. The molecule has 3 aromatic rings. The Morgan fingerprint density at radius 2 is 1.84 bits per heavy atom. The van der Waals surface area contributed by atoms with Crippen molar-refractivity contribution < 1.29 is 33.0 Å². The maximum atomic E-state index is 13.9. The van der Waals surface area contributed by atoms with Gasteiger partial charge in [0.25, 0.3) is 11.8 Å². The molecule has 0 spiro atoms. The van der Waals surface area contributed by atoms with Gasteiger partial charge in [-0.25, -0.2) is 8.78 Å². The molecule has 0 bridgehead atoms. The average molecular weight is 512 g/mol. The highest BCUT2D eigenvalue weighted by Gasteiger charge is 2.33. The van der Waals surface area contributed by atoms with Crippen molar-refractivity contribution in [3.8, 4) is 17.2 Å². The van der Waals surface area contributed by atoms with Crippen molar-refractivity contribution in [2.24, 2.45) is 0 Å². The first-order valence-corrected chi connectivity index (χ1v) is 11.3. The second-order valence-corrected chi connectivity index (χ2v) is 8.61. The van der Waals surface area contributed by atoms with Gasteiger partial charge in [-0.05, 0) is 23.8 Å². The minimum absolute atomic E-state index is 0.0131. The summed E-state index contributed by atoms with van der Waals surface area (Å²) in [6.07, 6.45) is 1.15. The quantitative estimate of drug-likeness (QED) is 0.535. The lowest BCUT2D eigenvalue weighted by molar-refractivity contribution is 0.0677. The van der Waals surface area contributed by atoms with E-state index in [1.165, 1.54) is 15.6 Å². The van der Waals surface area contributed by atoms with E-state index >= 15 is 0 Å². The number of fused-ring (bicyclic) bond motifs is 2. The van der Waals surface area contributed by atoms with Crippen LogP contribution in [0.2, 0.25) is 0 Å². The topological polar surface area (TPSA) is 113 Å². The number of nitrogens with zero attached hydrogens (tertiary/aromatic N) is 3. The first-order chi connectivity index (χ1) is 17.7. The zero-order chi connectivity index (χ0) is 26.3. The third-order valence-electron chi connectivity index (χ3n) is 6.08. The van der Waals surface area contributed by atoms with Gasteiger partial charge in [0.2, 0.25) is 5.43 Å². The molecule has 0 unspecified atom stereocenters. The molecule has 0 atom stereocenters. The van der Waals surface area contributed by atoms with Crippen LogP contribution < -0.4 is 25.2 Å². The Morgan fingerprint density at radius 1 is 1.08 bits per heavy atom. The van der Waals surface area contributed by atoms with Crippen LogP contribution in [0, 0.1) is 11.6 Å². The van der Waals surface area contributed by atoms with Crippen LogP contribution in [0.15, 0.2) is 47.4 Å². The van der Waals surface area contributed by atoms with E-state index in [4.69, 9.17) is 9.47 Å². The number of benzene rings is 2. The molecule has 2 amide bonds. The highest BCUT2D eigenvalue weighted by atomic mass is 19.1. The van der Waals surface area contributed by atoms with Crippen LogP contribution in [0.4, 0.5) is 8.78 Å². The predicted molar refractivity (Wildman–Crippen MR) is 126 cm³/mol. The van der Waals surface area contributed by atoms with Crippen LogP contribution in [-0.4, -0.2) is 53.4 Å². The predicted octanol–water partition coefficient (Wildman–Crippen LogP) is 1.71. The molecule has 2 aliphatic heterocycles. The smallest absolute Gasteiger partial charge is 0.278 e. The van der Waals surface area contributed by atoms with Gasteiger partial charge >= 0.3 is 0 Å². The van der Waals surface area contributed by atoms with Gasteiger partial charge in [-0.1, -0.05) is 12.1 Å². The molecular weight excluding hydrogens is 490 g/mol. The molecule has 12 heteroatoms. The lowest BCUT2D eigenvalue weighted by Gasteiger charge is -2.37. The average Bonchev–Trinajstić information content (AvgIpc) is 2.88. The number of carbonyl (C=O) groups excluding carboxylic acids is 2. The minimum atomic E-state index is -1.05. The number of ether oxygens (including phenoxy) is 2. The maximum Gasteiger partial charge on any atom is 0.278 e. The van der Waals surface area contributed by atoms with Crippen LogP contribution in [0.3, 0.4) is 0 Å². The fourth-order valence-electron chi connectivity index (χ4n) is 4.21. The summed E-state index contributed by atoms with van der Waals surface area (Å²) in [7, 11) is 1.62. The summed E-state index contributed by atoms with van der Waals surface area (Å²) in [6.45, 7) is 0.810. The number of aromatic hydroxyl groups is 1. The summed E-state index contributed by atoms with van der Waals surface area (Å²) in [5, 5.41) is 14.6. The van der Waals surface area contributed by atoms with Crippen molar-refractivity contribution in [2.75, 3.05) is 31.9 Å². The highest BCUT2D eigenvalue weighted by Crippen LogP contribution is 2.31. The van der Waals surface area contributed by atoms with Gasteiger partial charge in [-0.2, -0.15) is 0 Å². The van der Waals surface area contributed by atoms with E-state index < -0.39 is 40.2 Å². The lowest BCUT2D eigenvalue weighted by Crippen LogP contribution is -2.52. The largest absolute Gasteiger partial charge is 0.502 e. The van der Waals surface area contributed by atoms with Crippen LogP contribution in [0.5, 0.6) is 17.2 Å². The molecule has 0 saturated heterocycles. The Labute approximate surface area is 209 Å². The third kappa shape index (κ3) is 4.53. The normalized spacial score (nSPS) is 14.4. The van der Waals surface area contributed by atoms with Crippen LogP contribution in [0.1, 0.15) is 32.0 Å². The van der Waals surface area contributed by atoms with Gasteiger partial charge in [0.15, 0.2) is 22.9 Å². The number of amides is 2. The molecule has 192 valence electrons. The Morgan fingerprint density at radius 3 is 2.59 bits per heavy atom. The van der Waals surface area contributed by atoms with Gasteiger partial charge in [-0.15, -0.1) is 0 Å². The van der Waals surface area contributed by atoms with Crippen molar-refractivity contribution in [3.63, 3.8) is 0 Å². The molecule has 37 heavy (non-hydrogen) atoms. The van der Waals surface area contributed by atoms with Crippen LogP contribution in [-0.2, 0) is 13.1 Å². The monoisotopic (exact) mass is 512 g/mol. The summed E-state index contributed by atoms with van der Waals surface area (Å²) < 4.78 is 39.3. The van der Waals surface area contributed by atoms with Gasteiger partial charge < -0.3 is 24.8 Å². The van der Waals surface area contributed by atoms with E-state index in [2.05, 4.69) is 5.32 Å². The Balaban J connectivity index is 1.38. The van der Waals surface area contributed by atoms with Crippen molar-refractivity contribution >= 4 is 11.8 Å². The number of hydrogen-bond acceptors (Lipinski definition) is 7. The van der Waals surface area contributed by atoms with Crippen molar-refractivity contribution in [1.82, 2.24) is 14.9 Å². The Kier molecular flexibility index (Phi) is 6.15. The third-order valence-corrected chi connectivity index (χ3v) is 6.08. The van der Waals surface area contributed by atoms with E-state index in [1.54, 1.807) is 30.3 Å². The Bertz CT molecular complexity index is 1470. The number of pyridine rings is 1. The van der Waals surface area contributed by atoms with E-state index in [9.17, 15) is 28.3 Å². The standard InChI is InChI=1S/C25H22F2N4O6/c1-29-13-30(11-14-2-5-19-20(8-14)37-7-6-36-19)25(35)21-23(33)22(32)17(12-31(21)29)24(34)28-10-15-3-4-16(26)9-18(15)27/h2-5,8-9,12,33H,6-7,10-11,13H2,1H3,(H,28,34). The van der Waals surface area contributed by atoms with Crippen LogP contribution in [0.25, 0.3) is 0 Å². The van der Waals surface area contributed by atoms with Gasteiger partial charge in [0.1, 0.15) is 37.1 Å². The summed E-state index contributed by atoms with van der Waals surface area (Å²) in [5.41, 5.74) is -1.02. The minimum Gasteiger partial charge on any atom is -0.502 e. The van der Waals surface area contributed by atoms with E-state index in [0.29, 0.717) is 30.8 Å². The fourth-order valence-corrected chi connectivity index (χ4v) is 4.21. The SMILES string of the molecule is CN1CN(Cc2ccc3c(c2)OCCO3)C(=O)c2c(O)c(=O)c(C(=O)NCc3ccc(F)cc3F)cn21. The molecule has 0 radical (unpaired) electrons. The molecule has 3 heterocycles. The second kappa shape index (κ2) is 9.45. The van der Waals surface area contributed by atoms with E-state index in [0.717, 1.165) is 17.8 Å². The molecule has 0 fully saturated rings. The molecule has 0 saturated carbocycles. The van der Waals surface area contributed by atoms with Gasteiger partial charge in [0, 0.05) is 38.0 Å². The van der Waals surface area contributed by atoms with Crippen molar-refractivity contribution in [1.29, 1.82) is 0 Å². The maximum absolute atomic E-state index is 13.9. The molecule has 2 N–H and O–H groups in total. The molecular formula is C25H22F2N4O6. The Hall–Kier alpha value is -4.61. The summed E-state index contributed by atoms with van der Waals surface area (Å²) in [4.78, 5) is 40.2. The van der Waals surface area contributed by atoms with Crippen molar-refractivity contribution in [3.05, 3.63) is 86.8 Å². The number of nitrogens with one attached hydrogen (secondary N) is 1.